The molecule has 0 aliphatic carbocycles. The van der Waals surface area contributed by atoms with Crippen LogP contribution < -0.4 is 11.2 Å². The van der Waals surface area contributed by atoms with Crippen LogP contribution in [0.5, 0.6) is 0 Å². The first-order valence-corrected chi connectivity index (χ1v) is 8.82. The van der Waals surface area contributed by atoms with Crippen LogP contribution in [-0.4, -0.2) is 71.0 Å². The second-order valence-corrected chi connectivity index (χ2v) is 6.12. The van der Waals surface area contributed by atoms with Crippen LogP contribution >= 0.6 is 0 Å². The van der Waals surface area contributed by atoms with Gasteiger partial charge in [0.05, 0.1) is 5.69 Å². The number of hydrogen-bond acceptors (Lipinski definition) is 7. The number of rotatable bonds is 5. The van der Waals surface area contributed by atoms with Crippen LogP contribution in [0.2, 0.25) is 0 Å². The molecule has 1 heterocycles. The quantitative estimate of drug-likeness (QED) is 0.152. The van der Waals surface area contributed by atoms with E-state index in [1.54, 1.807) is 0 Å². The number of benzene rings is 1. The van der Waals surface area contributed by atoms with Crippen LogP contribution in [0.25, 0.3) is 0 Å². The van der Waals surface area contributed by atoms with Crippen LogP contribution in [-0.2, 0) is 15.2 Å². The predicted molar refractivity (Wildman–Crippen MR) is 98.1 cm³/mol. The van der Waals surface area contributed by atoms with Crippen molar-refractivity contribution in [3.05, 3.63) is 29.8 Å². The number of fused-ring (bicyclic) bond motifs is 1. The Hall–Kier alpha value is -2.58. The maximum Gasteiger partial charge on any atom is 0.394 e. The monoisotopic (exact) mass is 405 g/mol. The number of carbonyl (C=O) groups is 1. The Labute approximate surface area is 156 Å². The number of carboxylic acids is 1. The van der Waals surface area contributed by atoms with Gasteiger partial charge in [0, 0.05) is 25.7 Å². The second kappa shape index (κ2) is 11.9. The van der Waals surface area contributed by atoms with Gasteiger partial charge in [0.15, 0.2) is 5.96 Å². The summed E-state index contributed by atoms with van der Waals surface area (Å²) in [6, 6.07) is 8.11. The molecule has 0 saturated carbocycles. The Balaban J connectivity index is 0.000000423. The number of para-hydroxylation sites is 1. The van der Waals surface area contributed by atoms with E-state index in [-0.39, 0.29) is 12.5 Å². The summed E-state index contributed by atoms with van der Waals surface area (Å²) in [4.78, 5) is 15.3. The Morgan fingerprint density at radius 3 is 2.37 bits per heavy atom. The first-order valence-electron chi connectivity index (χ1n) is 7.42. The fraction of sp³-hybridized carbons (Fsp3) is 0.357. The Kier molecular flexibility index (Phi) is 10.8. The van der Waals surface area contributed by atoms with Gasteiger partial charge in [-0.3, -0.25) is 24.3 Å². The van der Waals surface area contributed by atoms with Gasteiger partial charge in [-0.05, 0) is 18.1 Å². The summed E-state index contributed by atoms with van der Waals surface area (Å²) in [6.07, 6.45) is 2.83. The van der Waals surface area contributed by atoms with Crippen molar-refractivity contribution >= 4 is 34.2 Å². The molecule has 0 bridgehead atoms. The van der Waals surface area contributed by atoms with E-state index in [1.807, 2.05) is 24.4 Å². The molecule has 152 valence electrons. The molecular formula is C14H23N5O7S. The zero-order valence-electron chi connectivity index (χ0n) is 14.5. The molecule has 0 radical (unpaired) electrons. The van der Waals surface area contributed by atoms with Gasteiger partial charge in [-0.2, -0.15) is 8.42 Å². The molecule has 12 nitrogen and oxygen atoms in total. The molecule has 2 rings (SSSR count). The van der Waals surface area contributed by atoms with Crippen molar-refractivity contribution in [3.8, 4) is 0 Å². The van der Waals surface area contributed by atoms with Crippen LogP contribution in [0.4, 0.5) is 5.69 Å². The highest BCUT2D eigenvalue weighted by Gasteiger charge is 2.16. The molecule has 1 aliphatic heterocycles. The Bertz CT molecular complexity index is 746. The number of aliphatic imine (C=N–C) groups is 1. The number of nitrogens with one attached hydrogen (secondary N) is 2. The molecule has 1 aliphatic rings. The highest BCUT2D eigenvalue weighted by atomic mass is 32.3. The van der Waals surface area contributed by atoms with Gasteiger partial charge in [0.1, 0.15) is 6.54 Å². The van der Waals surface area contributed by atoms with E-state index < -0.39 is 16.4 Å². The third-order valence-corrected chi connectivity index (χ3v) is 3.08. The smallest absolute Gasteiger partial charge is 0.394 e. The molecule has 27 heavy (non-hydrogen) atoms. The van der Waals surface area contributed by atoms with Gasteiger partial charge in [-0.1, -0.05) is 18.2 Å². The summed E-state index contributed by atoms with van der Waals surface area (Å²) in [5.74, 6) is -0.874. The third-order valence-electron chi connectivity index (χ3n) is 3.08. The minimum Gasteiger partial charge on any atom is -0.480 e. The van der Waals surface area contributed by atoms with Crippen molar-refractivity contribution in [1.82, 2.24) is 10.4 Å². The number of hydrogen-bond donors (Lipinski definition) is 7. The zero-order chi connectivity index (χ0) is 21.0. The van der Waals surface area contributed by atoms with Crippen molar-refractivity contribution < 1.29 is 32.6 Å². The average Bonchev–Trinajstić information content (AvgIpc) is 2.94. The lowest BCUT2D eigenvalue weighted by Crippen LogP contribution is -2.36. The lowest BCUT2D eigenvalue weighted by atomic mass is 9.98. The van der Waals surface area contributed by atoms with E-state index in [0.717, 1.165) is 17.0 Å². The first-order chi connectivity index (χ1) is 12.5. The summed E-state index contributed by atoms with van der Waals surface area (Å²) in [5, 5.41) is 23.4. The third kappa shape index (κ3) is 12.4. The molecule has 13 heteroatoms. The second-order valence-electron chi connectivity index (χ2n) is 5.22. The van der Waals surface area contributed by atoms with Crippen molar-refractivity contribution in [2.45, 2.75) is 12.3 Å². The van der Waals surface area contributed by atoms with E-state index in [4.69, 9.17) is 39.0 Å². The van der Waals surface area contributed by atoms with Crippen molar-refractivity contribution in [1.29, 1.82) is 5.41 Å². The van der Waals surface area contributed by atoms with Crippen LogP contribution in [0.1, 0.15) is 17.9 Å². The largest absolute Gasteiger partial charge is 0.480 e. The zero-order valence-corrected chi connectivity index (χ0v) is 15.3. The fourth-order valence-electron chi connectivity index (χ4n) is 1.91. The summed E-state index contributed by atoms with van der Waals surface area (Å²) < 4.78 is 31.6. The van der Waals surface area contributed by atoms with Crippen molar-refractivity contribution in [2.75, 3.05) is 20.1 Å². The molecule has 0 fully saturated rings. The number of guanidine groups is 1. The lowest BCUT2D eigenvalue weighted by molar-refractivity contribution is -0.137. The molecule has 8 N–H and O–H groups in total. The number of nitrogens with zero attached hydrogens (tertiary/aromatic N) is 2. The predicted octanol–water partition coefficient (Wildman–Crippen LogP) is 0.0985. The Morgan fingerprint density at radius 1 is 1.37 bits per heavy atom. The summed E-state index contributed by atoms with van der Waals surface area (Å²) in [6.45, 7) is 0.375. The van der Waals surface area contributed by atoms with E-state index in [2.05, 4.69) is 16.5 Å². The maximum absolute atomic E-state index is 9.92. The molecule has 0 saturated heterocycles. The molecule has 0 spiro atoms. The van der Waals surface area contributed by atoms with Crippen LogP contribution in [0.3, 0.4) is 0 Å². The molecule has 0 amide bonds. The number of nitrogens with two attached hydrogens (primary N) is 1. The van der Waals surface area contributed by atoms with E-state index in [0.29, 0.717) is 12.5 Å². The number of hydroxylamine groups is 1. The number of likely N-dealkylation sites (N-methyl/N-ethyl adjacent to an activating group) is 1. The maximum atomic E-state index is 9.92. The highest BCUT2D eigenvalue weighted by Crippen LogP contribution is 2.33. The summed E-state index contributed by atoms with van der Waals surface area (Å²) >= 11 is 0. The first kappa shape index (κ1) is 24.4. The lowest BCUT2D eigenvalue weighted by Gasteiger charge is -2.12. The summed E-state index contributed by atoms with van der Waals surface area (Å²) in [5.41, 5.74) is 9.42. The normalized spacial score (nSPS) is 14.1. The van der Waals surface area contributed by atoms with Gasteiger partial charge in [0.25, 0.3) is 0 Å². The molecule has 1 aromatic carbocycles. The molecule has 1 aromatic rings. The minimum atomic E-state index is -4.67. The van der Waals surface area contributed by atoms with Gasteiger partial charge in [-0.25, -0.2) is 5.48 Å². The number of aliphatic carboxylic acids is 1. The summed E-state index contributed by atoms with van der Waals surface area (Å²) in [7, 11) is -3.23. The molecular weight excluding hydrogens is 382 g/mol. The van der Waals surface area contributed by atoms with Crippen LogP contribution in [0, 0.1) is 5.41 Å². The van der Waals surface area contributed by atoms with Crippen molar-refractivity contribution in [3.63, 3.8) is 0 Å². The standard InChI is InChI=1S/C10H12N2O.C4H9N3O2.H2O4S/c13-12-6-5-8-7-11-10-4-2-1-3-9(8)10;1-7(4(5)6)2-3(8)9;1-5(2,3)4/h1-4,7-8,12-13H,5-6H2;2H2,1H3,(H3,5,6)(H,8,9);(H2,1,2,3,4). The van der Waals surface area contributed by atoms with Crippen LogP contribution in [0.15, 0.2) is 29.3 Å². The van der Waals surface area contributed by atoms with Gasteiger partial charge < -0.3 is 20.9 Å². The van der Waals surface area contributed by atoms with E-state index in [9.17, 15) is 4.79 Å². The molecule has 0 aromatic heterocycles. The topological polar surface area (TPSA) is 210 Å². The van der Waals surface area contributed by atoms with Gasteiger partial charge in [0.2, 0.25) is 0 Å². The van der Waals surface area contributed by atoms with Crippen molar-refractivity contribution in [2.24, 2.45) is 10.7 Å². The molecule has 1 atom stereocenters. The highest BCUT2D eigenvalue weighted by molar-refractivity contribution is 7.79. The Morgan fingerprint density at radius 2 is 1.93 bits per heavy atom. The van der Waals surface area contributed by atoms with Gasteiger partial charge >= 0.3 is 16.4 Å². The average molecular weight is 405 g/mol. The van der Waals surface area contributed by atoms with Gasteiger partial charge in [-0.15, -0.1) is 0 Å². The SMILES string of the molecule is CN(CC(=O)O)C(=N)N.O=S(=O)(O)O.ONCCC1C=Nc2ccccc21. The van der Waals surface area contributed by atoms with E-state index >= 15 is 0 Å². The minimum absolute atomic E-state index is 0.227. The van der Waals surface area contributed by atoms with E-state index in [1.165, 1.54) is 12.6 Å². The number of carboxylic acid groups (broad SMARTS) is 1. The fourth-order valence-corrected chi connectivity index (χ4v) is 1.91. The molecule has 1 unspecified atom stereocenters.